The van der Waals surface area contributed by atoms with Crippen molar-refractivity contribution >= 4 is 9.84 Å². The Morgan fingerprint density at radius 3 is 2.10 bits per heavy atom. The van der Waals surface area contributed by atoms with Gasteiger partial charge in [-0.2, -0.15) is 23.1 Å². The van der Waals surface area contributed by atoms with Crippen LogP contribution >= 0.6 is 0 Å². The van der Waals surface area contributed by atoms with Crippen LogP contribution in [0.3, 0.4) is 0 Å². The third-order valence-electron chi connectivity index (χ3n) is 3.84. The lowest BCUT2D eigenvalue weighted by molar-refractivity contribution is -0.141. The number of rotatable bonds is 5. The molecule has 0 atom stereocenters. The lowest BCUT2D eigenvalue weighted by Crippen LogP contribution is -2.10. The van der Waals surface area contributed by atoms with Crippen molar-refractivity contribution < 1.29 is 31.1 Å². The van der Waals surface area contributed by atoms with Crippen LogP contribution < -0.4 is 9.47 Å². The van der Waals surface area contributed by atoms with Crippen molar-refractivity contribution in [3.8, 4) is 28.8 Å². The summed E-state index contributed by atoms with van der Waals surface area (Å²) >= 11 is 0. The molecule has 0 aliphatic heterocycles. The number of halogens is 3. The summed E-state index contributed by atoms with van der Waals surface area (Å²) in [5.74, 6) is 0.445. The van der Waals surface area contributed by atoms with Crippen molar-refractivity contribution in [2.45, 2.75) is 11.1 Å². The topological polar surface area (TPSA) is 78.4 Å². The number of sulfone groups is 1. The first-order chi connectivity index (χ1) is 13.6. The summed E-state index contributed by atoms with van der Waals surface area (Å²) in [6, 6.07) is 11.9. The Morgan fingerprint density at radius 2 is 1.55 bits per heavy atom. The molecule has 2 aromatic carbocycles. The summed E-state index contributed by atoms with van der Waals surface area (Å²) in [6.45, 7) is 0. The number of hydrogen-bond acceptors (Lipinski definition) is 6. The van der Waals surface area contributed by atoms with Gasteiger partial charge in [-0.25, -0.2) is 8.42 Å². The maximum absolute atomic E-state index is 13.3. The zero-order valence-electron chi connectivity index (χ0n) is 15.3. The largest absolute Gasteiger partial charge is 0.493 e. The molecular formula is C19H15F3N2O4S. The zero-order valence-corrected chi connectivity index (χ0v) is 16.1. The van der Waals surface area contributed by atoms with Crippen molar-refractivity contribution in [2.75, 3.05) is 13.4 Å². The van der Waals surface area contributed by atoms with Crippen molar-refractivity contribution in [3.05, 3.63) is 60.3 Å². The van der Waals surface area contributed by atoms with Gasteiger partial charge in [0, 0.05) is 11.8 Å². The first-order valence-corrected chi connectivity index (χ1v) is 10.0. The molecule has 0 aliphatic carbocycles. The molecule has 1 aromatic heterocycles. The molecule has 152 valence electrons. The fourth-order valence-corrected chi connectivity index (χ4v) is 3.07. The van der Waals surface area contributed by atoms with E-state index in [-0.39, 0.29) is 21.9 Å². The standard InChI is InChI=1S/C19H15F3N2O4S/c1-27-15-5-3-4-6-16(15)28-18-23-14(11-17(24-18)19(20,21)22)12-7-9-13(10-8-12)29(2,25)26/h3-11H,1-2H3. The van der Waals surface area contributed by atoms with Crippen LogP contribution in [-0.2, 0) is 16.0 Å². The molecule has 0 spiro atoms. The number of hydrogen-bond donors (Lipinski definition) is 0. The Labute approximate surface area is 164 Å². The summed E-state index contributed by atoms with van der Waals surface area (Å²) < 4.78 is 73.7. The van der Waals surface area contributed by atoms with Gasteiger partial charge in [0.25, 0.3) is 0 Å². The molecule has 3 aromatic rings. The molecule has 0 bridgehead atoms. The molecule has 0 aliphatic rings. The van der Waals surface area contributed by atoms with Gasteiger partial charge in [-0.05, 0) is 30.3 Å². The van der Waals surface area contributed by atoms with Crippen LogP contribution in [0.1, 0.15) is 5.69 Å². The normalized spacial score (nSPS) is 11.9. The first-order valence-electron chi connectivity index (χ1n) is 8.15. The van der Waals surface area contributed by atoms with Gasteiger partial charge in [-0.1, -0.05) is 24.3 Å². The van der Waals surface area contributed by atoms with E-state index in [1.54, 1.807) is 18.2 Å². The van der Waals surface area contributed by atoms with Gasteiger partial charge in [0.15, 0.2) is 27.0 Å². The van der Waals surface area contributed by atoms with Gasteiger partial charge in [-0.3, -0.25) is 0 Å². The molecule has 3 rings (SSSR count). The average Bonchev–Trinajstić information content (AvgIpc) is 2.67. The Balaban J connectivity index is 2.07. The van der Waals surface area contributed by atoms with Crippen LogP contribution in [0.15, 0.2) is 59.5 Å². The van der Waals surface area contributed by atoms with E-state index in [0.29, 0.717) is 5.75 Å². The van der Waals surface area contributed by atoms with E-state index in [9.17, 15) is 21.6 Å². The predicted octanol–water partition coefficient (Wildman–Crippen LogP) is 4.37. The number of benzene rings is 2. The fourth-order valence-electron chi connectivity index (χ4n) is 2.44. The summed E-state index contributed by atoms with van der Waals surface area (Å²) in [5.41, 5.74) is -0.993. The summed E-state index contributed by atoms with van der Waals surface area (Å²) in [5, 5.41) is 0. The molecule has 0 saturated heterocycles. The van der Waals surface area contributed by atoms with Gasteiger partial charge < -0.3 is 9.47 Å². The Hall–Kier alpha value is -3.14. The van der Waals surface area contributed by atoms with E-state index in [4.69, 9.17) is 9.47 Å². The quantitative estimate of drug-likeness (QED) is 0.605. The maximum Gasteiger partial charge on any atom is 0.433 e. The Bertz CT molecular complexity index is 1130. The van der Waals surface area contributed by atoms with Gasteiger partial charge in [0.1, 0.15) is 0 Å². The van der Waals surface area contributed by atoms with Crippen molar-refractivity contribution in [3.63, 3.8) is 0 Å². The minimum atomic E-state index is -4.73. The second-order valence-electron chi connectivity index (χ2n) is 5.97. The lowest BCUT2D eigenvalue weighted by Gasteiger charge is -2.12. The third kappa shape index (κ3) is 4.83. The third-order valence-corrected chi connectivity index (χ3v) is 4.97. The van der Waals surface area contributed by atoms with Crippen LogP contribution in [0.5, 0.6) is 17.5 Å². The number of ether oxygens (including phenoxy) is 2. The minimum Gasteiger partial charge on any atom is -0.493 e. The fraction of sp³-hybridized carbons (Fsp3) is 0.158. The van der Waals surface area contributed by atoms with E-state index in [0.717, 1.165) is 12.3 Å². The zero-order chi connectivity index (χ0) is 21.2. The molecule has 0 radical (unpaired) electrons. The van der Waals surface area contributed by atoms with E-state index in [2.05, 4.69) is 9.97 Å². The van der Waals surface area contributed by atoms with Crippen LogP contribution in [0.25, 0.3) is 11.3 Å². The molecule has 0 unspecified atom stereocenters. The van der Waals surface area contributed by atoms with Crippen LogP contribution in [0.2, 0.25) is 0 Å². The number of aromatic nitrogens is 2. The first kappa shape index (κ1) is 20.6. The Morgan fingerprint density at radius 1 is 0.931 bits per heavy atom. The summed E-state index contributed by atoms with van der Waals surface area (Å²) in [4.78, 5) is 7.53. The second-order valence-corrected chi connectivity index (χ2v) is 7.98. The van der Waals surface area contributed by atoms with E-state index in [1.165, 1.54) is 37.4 Å². The molecule has 0 saturated carbocycles. The SMILES string of the molecule is COc1ccccc1Oc1nc(-c2ccc(S(C)(=O)=O)cc2)cc(C(F)(F)F)n1. The van der Waals surface area contributed by atoms with Crippen LogP contribution in [0.4, 0.5) is 13.2 Å². The van der Waals surface area contributed by atoms with Gasteiger partial charge in [0.05, 0.1) is 17.7 Å². The highest BCUT2D eigenvalue weighted by molar-refractivity contribution is 7.90. The number of para-hydroxylation sites is 2. The highest BCUT2D eigenvalue weighted by Crippen LogP contribution is 2.34. The lowest BCUT2D eigenvalue weighted by atomic mass is 10.1. The van der Waals surface area contributed by atoms with Crippen LogP contribution in [0, 0.1) is 0 Å². The molecule has 0 N–H and O–H groups in total. The highest BCUT2D eigenvalue weighted by Gasteiger charge is 2.34. The van der Waals surface area contributed by atoms with E-state index in [1.807, 2.05) is 0 Å². The second kappa shape index (κ2) is 7.70. The summed E-state index contributed by atoms with van der Waals surface area (Å²) in [7, 11) is -2.05. The average molecular weight is 424 g/mol. The molecule has 10 heteroatoms. The maximum atomic E-state index is 13.3. The number of nitrogens with zero attached hydrogens (tertiary/aromatic N) is 2. The molecule has 29 heavy (non-hydrogen) atoms. The van der Waals surface area contributed by atoms with E-state index >= 15 is 0 Å². The highest BCUT2D eigenvalue weighted by atomic mass is 32.2. The van der Waals surface area contributed by atoms with Gasteiger partial charge >= 0.3 is 12.2 Å². The monoisotopic (exact) mass is 424 g/mol. The minimum absolute atomic E-state index is 0.0387. The van der Waals surface area contributed by atoms with Gasteiger partial charge in [0.2, 0.25) is 0 Å². The molecule has 6 nitrogen and oxygen atoms in total. The van der Waals surface area contributed by atoms with Gasteiger partial charge in [-0.15, -0.1) is 0 Å². The smallest absolute Gasteiger partial charge is 0.433 e. The molecular weight excluding hydrogens is 409 g/mol. The number of methoxy groups -OCH3 is 1. The molecule has 0 fully saturated rings. The summed E-state index contributed by atoms with van der Waals surface area (Å²) in [6.07, 6.45) is -3.70. The predicted molar refractivity (Wildman–Crippen MR) is 98.6 cm³/mol. The van der Waals surface area contributed by atoms with Crippen molar-refractivity contribution in [1.29, 1.82) is 0 Å². The van der Waals surface area contributed by atoms with Crippen LogP contribution in [-0.4, -0.2) is 31.8 Å². The van der Waals surface area contributed by atoms with Crippen molar-refractivity contribution in [1.82, 2.24) is 9.97 Å². The van der Waals surface area contributed by atoms with E-state index < -0.39 is 27.7 Å². The molecule has 0 amide bonds. The molecule has 1 heterocycles. The van der Waals surface area contributed by atoms with Crippen molar-refractivity contribution in [2.24, 2.45) is 0 Å². The number of alkyl halides is 3. The Kier molecular flexibility index (Phi) is 5.47.